The van der Waals surface area contributed by atoms with E-state index >= 15 is 0 Å². The average molecular weight is 295 g/mol. The number of carbonyl (C=O) groups excluding carboxylic acids is 1. The van der Waals surface area contributed by atoms with E-state index in [0.717, 1.165) is 21.1 Å². The van der Waals surface area contributed by atoms with Crippen molar-refractivity contribution in [3.8, 4) is 0 Å². The van der Waals surface area contributed by atoms with Gasteiger partial charge in [0.25, 0.3) is 0 Å². The van der Waals surface area contributed by atoms with Gasteiger partial charge in [0.1, 0.15) is 15.7 Å². The maximum absolute atomic E-state index is 11.4. The first-order valence-electron chi connectivity index (χ1n) is 6.14. The Morgan fingerprint density at radius 2 is 2.05 bits per heavy atom. The number of aromatic nitrogens is 2. The normalized spacial score (nSPS) is 12.8. The third-order valence-corrected chi connectivity index (χ3v) is 5.52. The van der Waals surface area contributed by atoms with Gasteiger partial charge >= 0.3 is 0 Å². The highest BCUT2D eigenvalue weighted by Gasteiger charge is 2.20. The summed E-state index contributed by atoms with van der Waals surface area (Å²) in [6.07, 6.45) is 0.701. The Bertz CT molecular complexity index is 636. The van der Waals surface area contributed by atoms with Gasteiger partial charge in [-0.25, -0.2) is 9.97 Å². The standard InChI is InChI=1S/C13H17N3OS2/c1-5-9(11(14)17)19-13-10-6(2)7(3)18-12(10)15-8(4)16-13/h9H,5H2,1-4H3,(H2,14,17). The first kappa shape index (κ1) is 14.3. The lowest BCUT2D eigenvalue weighted by atomic mass is 10.2. The molecule has 2 N–H and O–H groups in total. The molecule has 0 fully saturated rings. The number of carbonyl (C=O) groups is 1. The Labute approximate surface area is 120 Å². The predicted octanol–water partition coefficient (Wildman–Crippen LogP) is 2.97. The lowest BCUT2D eigenvalue weighted by Crippen LogP contribution is -2.25. The maximum atomic E-state index is 11.4. The van der Waals surface area contributed by atoms with Gasteiger partial charge in [-0.2, -0.15) is 0 Å². The van der Waals surface area contributed by atoms with E-state index in [1.165, 1.54) is 22.2 Å². The smallest absolute Gasteiger partial charge is 0.230 e. The second-order valence-corrected chi connectivity index (χ2v) is 6.85. The Kier molecular flexibility index (Phi) is 4.10. The van der Waals surface area contributed by atoms with Gasteiger partial charge in [-0.05, 0) is 32.8 Å². The minimum absolute atomic E-state index is 0.239. The minimum Gasteiger partial charge on any atom is -0.369 e. The Morgan fingerprint density at radius 3 is 2.63 bits per heavy atom. The lowest BCUT2D eigenvalue weighted by Gasteiger charge is -2.11. The summed E-state index contributed by atoms with van der Waals surface area (Å²) < 4.78 is 0. The molecule has 0 aromatic carbocycles. The molecular formula is C13H17N3OS2. The first-order chi connectivity index (χ1) is 8.93. The largest absolute Gasteiger partial charge is 0.369 e. The molecule has 0 spiro atoms. The predicted molar refractivity (Wildman–Crippen MR) is 80.8 cm³/mol. The van der Waals surface area contributed by atoms with Crippen LogP contribution < -0.4 is 5.73 Å². The number of thioether (sulfide) groups is 1. The first-order valence-corrected chi connectivity index (χ1v) is 7.84. The molecule has 0 aliphatic rings. The molecule has 0 radical (unpaired) electrons. The molecule has 0 saturated carbocycles. The van der Waals surface area contributed by atoms with Crippen molar-refractivity contribution in [2.75, 3.05) is 0 Å². The van der Waals surface area contributed by atoms with Gasteiger partial charge < -0.3 is 5.73 Å². The summed E-state index contributed by atoms with van der Waals surface area (Å²) in [4.78, 5) is 22.6. The van der Waals surface area contributed by atoms with Crippen LogP contribution in [-0.4, -0.2) is 21.1 Å². The summed E-state index contributed by atoms with van der Waals surface area (Å²) in [6.45, 7) is 7.98. The van der Waals surface area contributed by atoms with Crippen LogP contribution in [0.25, 0.3) is 10.2 Å². The van der Waals surface area contributed by atoms with Crippen LogP contribution in [0.2, 0.25) is 0 Å². The molecule has 2 aromatic heterocycles. The second kappa shape index (κ2) is 5.46. The molecule has 19 heavy (non-hydrogen) atoms. The molecule has 4 nitrogen and oxygen atoms in total. The summed E-state index contributed by atoms with van der Waals surface area (Å²) in [5.74, 6) is 0.442. The summed E-state index contributed by atoms with van der Waals surface area (Å²) in [5.41, 5.74) is 6.62. The highest BCUT2D eigenvalue weighted by molar-refractivity contribution is 8.00. The van der Waals surface area contributed by atoms with E-state index in [4.69, 9.17) is 5.73 Å². The number of fused-ring (bicyclic) bond motifs is 1. The van der Waals surface area contributed by atoms with Gasteiger partial charge in [-0.1, -0.05) is 18.7 Å². The third-order valence-electron chi connectivity index (χ3n) is 3.05. The number of rotatable bonds is 4. The zero-order valence-corrected chi connectivity index (χ0v) is 13.1. The molecule has 0 bridgehead atoms. The van der Waals surface area contributed by atoms with Crippen LogP contribution in [0.1, 0.15) is 29.6 Å². The zero-order valence-electron chi connectivity index (χ0n) is 11.5. The van der Waals surface area contributed by atoms with Crippen LogP contribution in [0, 0.1) is 20.8 Å². The van der Waals surface area contributed by atoms with Crippen molar-refractivity contribution < 1.29 is 4.79 Å². The van der Waals surface area contributed by atoms with Crippen molar-refractivity contribution >= 4 is 39.2 Å². The van der Waals surface area contributed by atoms with E-state index in [1.807, 2.05) is 13.8 Å². The molecule has 2 rings (SSSR count). The van der Waals surface area contributed by atoms with Crippen molar-refractivity contribution in [2.45, 2.75) is 44.4 Å². The zero-order chi connectivity index (χ0) is 14.2. The van der Waals surface area contributed by atoms with Crippen LogP contribution in [0.3, 0.4) is 0 Å². The minimum atomic E-state index is -0.290. The van der Waals surface area contributed by atoms with Crippen LogP contribution >= 0.6 is 23.1 Å². The van der Waals surface area contributed by atoms with E-state index in [-0.39, 0.29) is 11.2 Å². The monoisotopic (exact) mass is 295 g/mol. The molecule has 1 atom stereocenters. The fourth-order valence-corrected chi connectivity index (χ4v) is 4.12. The lowest BCUT2D eigenvalue weighted by molar-refractivity contribution is -0.117. The number of hydrogen-bond acceptors (Lipinski definition) is 5. The molecule has 2 aromatic rings. The molecule has 1 unspecified atom stereocenters. The van der Waals surface area contributed by atoms with Crippen LogP contribution in [0.5, 0.6) is 0 Å². The fourth-order valence-electron chi connectivity index (χ4n) is 1.88. The van der Waals surface area contributed by atoms with Crippen molar-refractivity contribution in [2.24, 2.45) is 5.73 Å². The number of nitrogens with two attached hydrogens (primary N) is 1. The van der Waals surface area contributed by atoms with Gasteiger partial charge in [0.15, 0.2) is 0 Å². The maximum Gasteiger partial charge on any atom is 0.230 e. The number of nitrogens with zero attached hydrogens (tertiary/aromatic N) is 2. The van der Waals surface area contributed by atoms with Gasteiger partial charge in [0.2, 0.25) is 5.91 Å². The van der Waals surface area contributed by atoms with Crippen molar-refractivity contribution in [3.63, 3.8) is 0 Å². The van der Waals surface area contributed by atoms with Crippen LogP contribution in [-0.2, 0) is 4.79 Å². The topological polar surface area (TPSA) is 68.9 Å². The number of thiophene rings is 1. The quantitative estimate of drug-likeness (QED) is 0.695. The van der Waals surface area contributed by atoms with Gasteiger partial charge in [0, 0.05) is 10.3 Å². The fraction of sp³-hybridized carbons (Fsp3) is 0.462. The van der Waals surface area contributed by atoms with E-state index in [0.29, 0.717) is 6.42 Å². The molecule has 0 saturated heterocycles. The number of aryl methyl sites for hydroxylation is 3. The highest BCUT2D eigenvalue weighted by Crippen LogP contribution is 2.36. The van der Waals surface area contributed by atoms with E-state index in [9.17, 15) is 4.79 Å². The van der Waals surface area contributed by atoms with Crippen LogP contribution in [0.4, 0.5) is 0 Å². The molecular weight excluding hydrogens is 278 g/mol. The molecule has 0 aliphatic heterocycles. The van der Waals surface area contributed by atoms with E-state index in [2.05, 4.69) is 23.8 Å². The number of hydrogen-bond donors (Lipinski definition) is 1. The number of amides is 1. The molecule has 102 valence electrons. The molecule has 0 aliphatic carbocycles. The third kappa shape index (κ3) is 2.74. The summed E-state index contributed by atoms with van der Waals surface area (Å²) in [5, 5.41) is 1.70. The Hall–Kier alpha value is -1.14. The highest BCUT2D eigenvalue weighted by atomic mass is 32.2. The summed E-state index contributed by atoms with van der Waals surface area (Å²) in [6, 6.07) is 0. The summed E-state index contributed by atoms with van der Waals surface area (Å²) in [7, 11) is 0. The second-order valence-electron chi connectivity index (χ2n) is 4.46. The van der Waals surface area contributed by atoms with Crippen molar-refractivity contribution in [1.29, 1.82) is 0 Å². The number of primary amides is 1. The van der Waals surface area contributed by atoms with Gasteiger partial charge in [-0.15, -0.1) is 11.3 Å². The SMILES string of the molecule is CCC(Sc1nc(C)nc2sc(C)c(C)c12)C(N)=O. The van der Waals surface area contributed by atoms with Crippen molar-refractivity contribution in [3.05, 3.63) is 16.3 Å². The summed E-state index contributed by atoms with van der Waals surface area (Å²) >= 11 is 3.12. The van der Waals surface area contributed by atoms with E-state index < -0.39 is 0 Å². The van der Waals surface area contributed by atoms with Crippen molar-refractivity contribution in [1.82, 2.24) is 9.97 Å². The van der Waals surface area contributed by atoms with Crippen LogP contribution in [0.15, 0.2) is 5.03 Å². The molecule has 2 heterocycles. The van der Waals surface area contributed by atoms with Gasteiger partial charge in [-0.3, -0.25) is 4.79 Å². The Balaban J connectivity index is 2.55. The van der Waals surface area contributed by atoms with E-state index in [1.54, 1.807) is 11.3 Å². The molecule has 1 amide bonds. The Morgan fingerprint density at radius 1 is 1.37 bits per heavy atom. The van der Waals surface area contributed by atoms with Gasteiger partial charge in [0.05, 0.1) is 5.25 Å². The average Bonchev–Trinajstić information content (AvgIpc) is 2.61. The molecule has 6 heteroatoms.